The summed E-state index contributed by atoms with van der Waals surface area (Å²) in [4.78, 5) is 0. The van der Waals surface area contributed by atoms with E-state index in [9.17, 15) is 0 Å². The van der Waals surface area contributed by atoms with Gasteiger partial charge in [0, 0.05) is 124 Å². The Morgan fingerprint density at radius 3 is 1.00 bits per heavy atom. The first-order valence-electron chi connectivity index (χ1n) is 0. The van der Waals surface area contributed by atoms with Gasteiger partial charge in [-0.25, -0.2) is 0 Å². The van der Waals surface area contributed by atoms with Gasteiger partial charge in [-0.15, -0.1) is 0 Å². The molecule has 0 rings (SSSR count). The van der Waals surface area contributed by atoms with E-state index in [1.54, 1.807) is 0 Å². The van der Waals surface area contributed by atoms with Gasteiger partial charge in [0.2, 0.25) is 0 Å². The smallest absolute Gasteiger partial charge is 0 e. The van der Waals surface area contributed by atoms with Gasteiger partial charge in [0.05, 0.1) is 0 Å². The monoisotopic (exact) mass is 514 g/mol. The van der Waals surface area contributed by atoms with E-state index < -0.39 is 0 Å². The summed E-state index contributed by atoms with van der Waals surface area (Å²) in [5, 5.41) is 0. The molecule has 4 heteroatoms. The molecule has 0 aliphatic rings. The van der Waals surface area contributed by atoms with Crippen molar-refractivity contribution in [3.05, 3.63) is 0 Å². The first kappa shape index (κ1) is 24.2. The summed E-state index contributed by atoms with van der Waals surface area (Å²) in [7, 11) is 0. The van der Waals surface area contributed by atoms with Crippen LogP contribution in [-0.2, 0) is 48.6 Å². The zero-order valence-corrected chi connectivity index (χ0v) is 9.98. The van der Waals surface area contributed by atoms with Crippen molar-refractivity contribution < 1.29 is 124 Å². The van der Waals surface area contributed by atoms with Crippen molar-refractivity contribution in [3.63, 3.8) is 0 Å². The summed E-state index contributed by atoms with van der Waals surface area (Å²) in [6, 6.07) is 0. The first-order chi connectivity index (χ1) is 0. The largest absolute Gasteiger partial charge is 0 e. The van der Waals surface area contributed by atoms with Crippen LogP contribution in [0.15, 0.2) is 0 Å². The summed E-state index contributed by atoms with van der Waals surface area (Å²) in [6.07, 6.45) is 0. The fourth-order valence-corrected chi connectivity index (χ4v) is 0. The molecular weight excluding hydrogens is 516 g/mol. The molecule has 0 aromatic carbocycles. The third-order valence-corrected chi connectivity index (χ3v) is 0. The molecule has 0 N–H and O–H groups in total. The summed E-state index contributed by atoms with van der Waals surface area (Å²) >= 11 is 0. The van der Waals surface area contributed by atoms with E-state index in [4.69, 9.17) is 0 Å². The van der Waals surface area contributed by atoms with Crippen LogP contribution < -0.4 is 0 Å². The van der Waals surface area contributed by atoms with Crippen LogP contribution in [0.4, 0.5) is 0 Å². The van der Waals surface area contributed by atoms with Crippen molar-refractivity contribution in [1.29, 1.82) is 0 Å². The predicted molar refractivity (Wildman–Crippen MR) is 0 cm³/mol. The summed E-state index contributed by atoms with van der Waals surface area (Å²) in [6.45, 7) is 0. The van der Waals surface area contributed by atoms with Crippen LogP contribution in [0.2, 0.25) is 0 Å². The van der Waals surface area contributed by atoms with Crippen LogP contribution in [0.5, 0.6) is 0 Å². The van der Waals surface area contributed by atoms with Crippen molar-refractivity contribution in [2.75, 3.05) is 0 Å². The molecule has 0 aliphatic heterocycles. The van der Waals surface area contributed by atoms with Gasteiger partial charge in [-0.3, -0.25) is 0 Å². The Morgan fingerprint density at radius 2 is 1.00 bits per heavy atom. The molecule has 0 nitrogen and oxygen atoms in total. The molecule has 0 spiro atoms. The van der Waals surface area contributed by atoms with Gasteiger partial charge in [-0.2, -0.15) is 0 Å². The summed E-state index contributed by atoms with van der Waals surface area (Å²) in [5.74, 6) is 0. The van der Waals surface area contributed by atoms with Gasteiger partial charge in [0.1, 0.15) is 0 Å². The minimum atomic E-state index is 0. The Kier molecular flexibility index (Phi) is 95.2. The average molecular weight is 516 g/mol. The molecule has 0 unspecified atom stereocenters. The molecule has 0 amide bonds. The molecule has 0 saturated heterocycles. The first-order valence-corrected chi connectivity index (χ1v) is 0. The minimum Gasteiger partial charge on any atom is 0 e. The Hall–Kier alpha value is 4.13. The van der Waals surface area contributed by atoms with Crippen LogP contribution in [0.25, 0.3) is 0 Å². The van der Waals surface area contributed by atoms with Crippen molar-refractivity contribution in [3.8, 4) is 0 Å². The number of hydrogen-bond donors (Lipinski definition) is 0. The fourth-order valence-electron chi connectivity index (χ4n) is 0. The second kappa shape index (κ2) is 15.7. The van der Waals surface area contributed by atoms with E-state index in [0.717, 1.165) is 0 Å². The van der Waals surface area contributed by atoms with Gasteiger partial charge < -0.3 is 0 Å². The maximum atomic E-state index is 0. The molecule has 32 valence electrons. The molecule has 0 heterocycles. The van der Waals surface area contributed by atoms with Gasteiger partial charge in [-0.1, -0.05) is 0 Å². The molecule has 0 aliphatic carbocycles. The molecule has 0 fully saturated rings. The van der Waals surface area contributed by atoms with Gasteiger partial charge in [0.15, 0.2) is 0 Å². The SMILES string of the molecule is [Er].[Ho].[Nb].[Zr]. The predicted octanol–water partition coefficient (Wildman–Crippen LogP) is -0.00500. The zero-order valence-electron chi connectivity index (χ0n) is 1.54. The Morgan fingerprint density at radius 1 is 1.00 bits per heavy atom. The van der Waals surface area contributed by atoms with E-state index in [2.05, 4.69) is 0 Å². The normalized spacial score (nSPS) is 0. The van der Waals surface area contributed by atoms with Crippen molar-refractivity contribution in [2.45, 2.75) is 0 Å². The molecular formula is ErHoNbZr. The van der Waals surface area contributed by atoms with E-state index >= 15 is 0 Å². The summed E-state index contributed by atoms with van der Waals surface area (Å²) < 4.78 is 0. The van der Waals surface area contributed by atoms with Crippen molar-refractivity contribution >= 4 is 0 Å². The average Bonchev–Trinajstić information content (AvgIpc) is 0. The van der Waals surface area contributed by atoms with E-state index in [0.29, 0.717) is 0 Å². The molecule has 0 atom stereocenters. The molecule has 4 heavy (non-hydrogen) atoms. The third kappa shape index (κ3) is 9.46. The fraction of sp³-hybridized carbons (Fsp3) is 0. The van der Waals surface area contributed by atoms with Crippen molar-refractivity contribution in [1.82, 2.24) is 0 Å². The molecule has 0 aromatic rings. The maximum Gasteiger partial charge on any atom is 0 e. The zero-order chi connectivity index (χ0) is 0. The standard InChI is InChI=1S/Er.Ho.Nb.Zr. The van der Waals surface area contributed by atoms with E-state index in [-0.39, 0.29) is 124 Å². The third-order valence-electron chi connectivity index (χ3n) is 0. The van der Waals surface area contributed by atoms with E-state index in [1.165, 1.54) is 0 Å². The van der Waals surface area contributed by atoms with Gasteiger partial charge in [0.25, 0.3) is 0 Å². The Balaban J connectivity index is 0. The second-order valence-electron chi connectivity index (χ2n) is 0. The van der Waals surface area contributed by atoms with Gasteiger partial charge >= 0.3 is 0 Å². The number of hydrogen-bond acceptors (Lipinski definition) is 0. The Bertz CT molecular complexity index is 8.00. The molecule has 2 radical (unpaired) electrons. The van der Waals surface area contributed by atoms with Crippen LogP contribution >= 0.6 is 0 Å². The van der Waals surface area contributed by atoms with Crippen LogP contribution in [-0.4, -0.2) is 0 Å². The van der Waals surface area contributed by atoms with E-state index in [1.807, 2.05) is 0 Å². The molecule has 0 bridgehead atoms. The summed E-state index contributed by atoms with van der Waals surface area (Å²) in [5.41, 5.74) is 0. The van der Waals surface area contributed by atoms with Gasteiger partial charge in [-0.05, 0) is 0 Å². The molecule has 0 aromatic heterocycles. The van der Waals surface area contributed by atoms with Crippen LogP contribution in [0.1, 0.15) is 0 Å². The maximum absolute atomic E-state index is 0. The molecule has 0 saturated carbocycles. The quantitative estimate of drug-likeness (QED) is 0.398. The van der Waals surface area contributed by atoms with Crippen molar-refractivity contribution in [2.24, 2.45) is 0 Å². The van der Waals surface area contributed by atoms with Crippen LogP contribution in [0.3, 0.4) is 0 Å². The van der Waals surface area contributed by atoms with Crippen LogP contribution in [0, 0.1) is 75.0 Å². The Labute approximate surface area is 120 Å². The topological polar surface area (TPSA) is 0 Å². The second-order valence-corrected chi connectivity index (χ2v) is 0. The number of rotatable bonds is 0. The minimum absolute atomic E-state index is 0.